The molecular formula is C19H17N3OS3. The zero-order valence-electron chi connectivity index (χ0n) is 14.4. The molecule has 4 rings (SSSR count). The molecule has 0 saturated heterocycles. The van der Waals surface area contributed by atoms with Gasteiger partial charge in [-0.15, -0.1) is 22.7 Å². The van der Waals surface area contributed by atoms with Gasteiger partial charge in [0.25, 0.3) is 5.56 Å². The van der Waals surface area contributed by atoms with Gasteiger partial charge < -0.3 is 0 Å². The summed E-state index contributed by atoms with van der Waals surface area (Å²) in [6.07, 6.45) is 0.954. The zero-order chi connectivity index (χ0) is 18.1. The first-order valence-corrected chi connectivity index (χ1v) is 11.0. The van der Waals surface area contributed by atoms with E-state index in [-0.39, 0.29) is 5.56 Å². The van der Waals surface area contributed by atoms with E-state index in [2.05, 4.69) is 17.3 Å². The van der Waals surface area contributed by atoms with Gasteiger partial charge in [-0.3, -0.25) is 9.36 Å². The van der Waals surface area contributed by atoms with E-state index in [1.807, 2.05) is 35.7 Å². The summed E-state index contributed by atoms with van der Waals surface area (Å²) in [5, 5.41) is 6.69. The number of thiophene rings is 1. The van der Waals surface area contributed by atoms with Gasteiger partial charge in [-0.2, -0.15) is 0 Å². The lowest BCUT2D eigenvalue weighted by Gasteiger charge is -2.07. The van der Waals surface area contributed by atoms with Gasteiger partial charge in [0.1, 0.15) is 4.83 Å². The monoisotopic (exact) mass is 399 g/mol. The fourth-order valence-electron chi connectivity index (χ4n) is 2.73. The molecule has 7 heteroatoms. The predicted octanol–water partition coefficient (Wildman–Crippen LogP) is 4.97. The minimum Gasteiger partial charge on any atom is -0.290 e. The Bertz CT molecular complexity index is 1110. The first kappa shape index (κ1) is 17.5. The van der Waals surface area contributed by atoms with Crippen LogP contribution in [0.5, 0.6) is 0 Å². The largest absolute Gasteiger partial charge is 0.290 e. The van der Waals surface area contributed by atoms with E-state index >= 15 is 0 Å². The van der Waals surface area contributed by atoms with Crippen molar-refractivity contribution in [1.82, 2.24) is 14.5 Å². The Kier molecular flexibility index (Phi) is 4.93. The third kappa shape index (κ3) is 3.22. The summed E-state index contributed by atoms with van der Waals surface area (Å²) in [7, 11) is 1.79. The highest BCUT2D eigenvalue weighted by atomic mass is 32.2. The second-order valence-corrected chi connectivity index (χ2v) is 8.57. The molecule has 3 heterocycles. The van der Waals surface area contributed by atoms with Gasteiger partial charge in [-0.1, -0.05) is 49.0 Å². The van der Waals surface area contributed by atoms with Crippen LogP contribution in [0.25, 0.3) is 21.3 Å². The van der Waals surface area contributed by atoms with Crippen molar-refractivity contribution in [3.05, 3.63) is 62.1 Å². The van der Waals surface area contributed by atoms with Crippen molar-refractivity contribution in [2.45, 2.75) is 24.3 Å². The lowest BCUT2D eigenvalue weighted by atomic mass is 10.1. The number of nitrogens with zero attached hydrogens (tertiary/aromatic N) is 3. The van der Waals surface area contributed by atoms with E-state index in [1.165, 1.54) is 11.3 Å². The Labute approximate surface area is 163 Å². The summed E-state index contributed by atoms with van der Waals surface area (Å²) < 4.78 is 1.65. The molecule has 0 bridgehead atoms. The van der Waals surface area contributed by atoms with Gasteiger partial charge in [0.05, 0.1) is 16.1 Å². The first-order chi connectivity index (χ1) is 12.7. The van der Waals surface area contributed by atoms with Crippen molar-refractivity contribution in [2.75, 3.05) is 0 Å². The van der Waals surface area contributed by atoms with Crippen molar-refractivity contribution in [3.8, 4) is 11.1 Å². The first-order valence-electron chi connectivity index (χ1n) is 8.27. The van der Waals surface area contributed by atoms with E-state index in [4.69, 9.17) is 4.98 Å². The normalized spacial score (nSPS) is 11.3. The van der Waals surface area contributed by atoms with Crippen LogP contribution in [0.4, 0.5) is 0 Å². The van der Waals surface area contributed by atoms with Crippen LogP contribution in [0.3, 0.4) is 0 Å². The Morgan fingerprint density at radius 1 is 1.12 bits per heavy atom. The topological polar surface area (TPSA) is 47.8 Å². The number of thioether (sulfide) groups is 1. The number of aryl methyl sites for hydroxylation is 1. The molecule has 0 aliphatic rings. The molecule has 0 aliphatic carbocycles. The molecule has 0 amide bonds. The van der Waals surface area contributed by atoms with Crippen molar-refractivity contribution in [2.24, 2.45) is 7.05 Å². The Balaban J connectivity index is 1.69. The third-order valence-electron chi connectivity index (χ3n) is 4.11. The highest BCUT2D eigenvalue weighted by molar-refractivity contribution is 7.98. The van der Waals surface area contributed by atoms with Gasteiger partial charge >= 0.3 is 0 Å². The van der Waals surface area contributed by atoms with E-state index in [0.29, 0.717) is 5.39 Å². The van der Waals surface area contributed by atoms with Crippen LogP contribution in [0.15, 0.2) is 51.0 Å². The fraction of sp³-hybridized carbons (Fsp3) is 0.211. The van der Waals surface area contributed by atoms with Gasteiger partial charge in [-0.05, 0) is 12.0 Å². The molecule has 0 unspecified atom stereocenters. The lowest BCUT2D eigenvalue weighted by Crippen LogP contribution is -2.19. The molecule has 0 radical (unpaired) electrons. The number of hydrogen-bond donors (Lipinski definition) is 0. The summed E-state index contributed by atoms with van der Waals surface area (Å²) in [5.41, 5.74) is 3.06. The minimum atomic E-state index is 0.00475. The average molecular weight is 400 g/mol. The third-order valence-corrected chi connectivity index (χ3v) is 7.09. The molecule has 0 aliphatic heterocycles. The highest BCUT2D eigenvalue weighted by Crippen LogP contribution is 2.32. The van der Waals surface area contributed by atoms with Crippen LogP contribution in [-0.2, 0) is 19.2 Å². The molecular weight excluding hydrogens is 382 g/mol. The second kappa shape index (κ2) is 7.34. The molecule has 0 spiro atoms. The van der Waals surface area contributed by atoms with Crippen molar-refractivity contribution < 1.29 is 0 Å². The molecule has 4 aromatic rings. The fourth-order valence-corrected chi connectivity index (χ4v) is 5.43. The van der Waals surface area contributed by atoms with Crippen LogP contribution in [-0.4, -0.2) is 14.5 Å². The smallest absolute Gasteiger partial charge is 0.263 e. The summed E-state index contributed by atoms with van der Waals surface area (Å²) in [5.74, 6) is 0.721. The predicted molar refractivity (Wildman–Crippen MR) is 111 cm³/mol. The number of rotatable bonds is 5. The number of thiazole rings is 1. The quantitative estimate of drug-likeness (QED) is 0.351. The van der Waals surface area contributed by atoms with Crippen LogP contribution >= 0.6 is 34.4 Å². The molecule has 3 aromatic heterocycles. The molecule has 0 atom stereocenters. The van der Waals surface area contributed by atoms with Gasteiger partial charge in [0.15, 0.2) is 5.16 Å². The van der Waals surface area contributed by atoms with Gasteiger partial charge in [0.2, 0.25) is 0 Å². The molecule has 0 saturated carbocycles. The van der Waals surface area contributed by atoms with Crippen LogP contribution < -0.4 is 5.56 Å². The molecule has 132 valence electrons. The van der Waals surface area contributed by atoms with Crippen molar-refractivity contribution >= 4 is 44.7 Å². The maximum atomic E-state index is 13.0. The summed E-state index contributed by atoms with van der Waals surface area (Å²) in [6.45, 7) is 2.11. The summed E-state index contributed by atoms with van der Waals surface area (Å²) in [4.78, 5) is 23.1. The van der Waals surface area contributed by atoms with Crippen molar-refractivity contribution in [1.29, 1.82) is 0 Å². The van der Waals surface area contributed by atoms with E-state index in [9.17, 15) is 4.79 Å². The van der Waals surface area contributed by atoms with Crippen LogP contribution in [0, 0.1) is 0 Å². The Morgan fingerprint density at radius 2 is 1.92 bits per heavy atom. The molecule has 0 fully saturated rings. The van der Waals surface area contributed by atoms with Crippen molar-refractivity contribution in [3.63, 3.8) is 0 Å². The van der Waals surface area contributed by atoms with Crippen LogP contribution in [0.2, 0.25) is 0 Å². The highest BCUT2D eigenvalue weighted by Gasteiger charge is 2.16. The standard InChI is InChI=1S/C19H17N3OS3/c1-3-15-20-13(9-24-15)10-26-19-21-17-16(18(23)22(19)2)14(11-25-17)12-7-5-4-6-8-12/h4-9,11H,3,10H2,1-2H3. The average Bonchev–Trinajstić information content (AvgIpc) is 3.31. The molecule has 26 heavy (non-hydrogen) atoms. The SMILES string of the molecule is CCc1nc(CSc2nc3scc(-c4ccccc4)c3c(=O)n2C)cs1. The lowest BCUT2D eigenvalue weighted by molar-refractivity contribution is 0.728. The molecule has 4 nitrogen and oxygen atoms in total. The number of hydrogen-bond acceptors (Lipinski definition) is 6. The van der Waals surface area contributed by atoms with E-state index in [1.54, 1.807) is 34.7 Å². The number of aromatic nitrogens is 3. The number of fused-ring (bicyclic) bond motifs is 1. The van der Waals surface area contributed by atoms with Gasteiger partial charge in [0, 0.05) is 29.1 Å². The summed E-state index contributed by atoms with van der Waals surface area (Å²) >= 11 is 4.77. The molecule has 1 aromatic carbocycles. The van der Waals surface area contributed by atoms with E-state index < -0.39 is 0 Å². The summed E-state index contributed by atoms with van der Waals surface area (Å²) in [6, 6.07) is 10.00. The molecule has 0 N–H and O–H groups in total. The zero-order valence-corrected chi connectivity index (χ0v) is 16.9. The number of benzene rings is 1. The maximum absolute atomic E-state index is 13.0. The Hall–Kier alpha value is -1.96. The van der Waals surface area contributed by atoms with E-state index in [0.717, 1.165) is 44.0 Å². The van der Waals surface area contributed by atoms with Gasteiger partial charge in [-0.25, -0.2) is 9.97 Å². The Morgan fingerprint density at radius 3 is 2.65 bits per heavy atom. The minimum absolute atomic E-state index is 0.00475. The second-order valence-electron chi connectivity index (χ2n) is 5.83. The van der Waals surface area contributed by atoms with Crippen LogP contribution in [0.1, 0.15) is 17.6 Å². The maximum Gasteiger partial charge on any atom is 0.263 e.